The van der Waals surface area contributed by atoms with Crippen LogP contribution < -0.4 is 5.32 Å². The van der Waals surface area contributed by atoms with Gasteiger partial charge in [-0.2, -0.15) is 0 Å². The van der Waals surface area contributed by atoms with Gasteiger partial charge in [-0.05, 0) is 5.57 Å². The first-order valence-corrected chi connectivity index (χ1v) is 3.51. The second-order valence-electron chi connectivity index (χ2n) is 2.91. The zero-order chi connectivity index (χ0) is 8.01. The molecule has 3 atom stereocenters. The fourth-order valence-electron chi connectivity index (χ4n) is 1.74. The van der Waals surface area contributed by atoms with Gasteiger partial charge in [-0.15, -0.1) is 0 Å². The number of fused-ring (bicyclic) bond motifs is 1. The van der Waals surface area contributed by atoms with E-state index >= 15 is 0 Å². The number of piperidine rings is 1. The maximum atomic E-state index is 12.0. The third-order valence-electron chi connectivity index (χ3n) is 2.36. The van der Waals surface area contributed by atoms with Crippen molar-refractivity contribution in [2.45, 2.75) is 6.04 Å². The van der Waals surface area contributed by atoms with E-state index < -0.39 is 0 Å². The Kier molecular flexibility index (Phi) is 1.26. The predicted molar refractivity (Wildman–Crippen MR) is 35.2 cm³/mol. The van der Waals surface area contributed by atoms with Gasteiger partial charge in [-0.25, -0.2) is 4.39 Å². The quantitative estimate of drug-likeness (QED) is 0.543. The van der Waals surface area contributed by atoms with Crippen LogP contribution in [0.3, 0.4) is 0 Å². The molecule has 1 aliphatic carbocycles. The lowest BCUT2D eigenvalue weighted by Crippen LogP contribution is -2.33. The van der Waals surface area contributed by atoms with E-state index in [0.717, 1.165) is 0 Å². The SMILES string of the molecule is O=C1N[C@H](CO)[C@H]2/C(=C\F)C12. The number of hydrogen-bond donors (Lipinski definition) is 2. The minimum atomic E-state index is -0.280. The molecular weight excluding hydrogens is 149 g/mol. The van der Waals surface area contributed by atoms with Crippen LogP contribution in [0.2, 0.25) is 0 Å². The van der Waals surface area contributed by atoms with Crippen molar-refractivity contribution in [1.29, 1.82) is 0 Å². The van der Waals surface area contributed by atoms with Gasteiger partial charge >= 0.3 is 0 Å². The molecule has 4 heteroatoms. The first-order chi connectivity index (χ1) is 5.29. The van der Waals surface area contributed by atoms with Gasteiger partial charge in [0.05, 0.1) is 24.9 Å². The summed E-state index contributed by atoms with van der Waals surface area (Å²) in [5.74, 6) is -0.507. The molecule has 3 nitrogen and oxygen atoms in total. The van der Waals surface area contributed by atoms with E-state index in [2.05, 4.69) is 5.32 Å². The van der Waals surface area contributed by atoms with E-state index in [1.807, 2.05) is 0 Å². The molecule has 0 aromatic heterocycles. The zero-order valence-electron chi connectivity index (χ0n) is 5.75. The Morgan fingerprint density at radius 3 is 2.91 bits per heavy atom. The standard InChI is InChI=1S/C7H8FNO2/c8-1-3-5-4(2-10)9-7(11)6(3)5/h1,4-6,10H,2H2,(H,9,11)/b3-1+/t4-,5-,6?/m1/s1. The summed E-state index contributed by atoms with van der Waals surface area (Å²) in [5.41, 5.74) is 0.535. The highest BCUT2D eigenvalue weighted by Crippen LogP contribution is 2.51. The van der Waals surface area contributed by atoms with Crippen molar-refractivity contribution in [3.8, 4) is 0 Å². The molecule has 0 spiro atoms. The smallest absolute Gasteiger partial charge is 0.228 e. The maximum Gasteiger partial charge on any atom is 0.228 e. The Labute approximate surface area is 62.9 Å². The molecule has 2 aliphatic rings. The van der Waals surface area contributed by atoms with Gasteiger partial charge in [-0.1, -0.05) is 0 Å². The molecule has 2 rings (SSSR count). The third-order valence-corrected chi connectivity index (χ3v) is 2.36. The van der Waals surface area contributed by atoms with Crippen LogP contribution in [0.1, 0.15) is 0 Å². The molecule has 1 saturated heterocycles. The van der Waals surface area contributed by atoms with E-state index in [4.69, 9.17) is 5.11 Å². The van der Waals surface area contributed by atoms with Crippen LogP contribution >= 0.6 is 0 Å². The van der Waals surface area contributed by atoms with Gasteiger partial charge < -0.3 is 10.4 Å². The average Bonchev–Trinajstić information content (AvgIpc) is 2.65. The molecule has 11 heavy (non-hydrogen) atoms. The minimum Gasteiger partial charge on any atom is -0.394 e. The topological polar surface area (TPSA) is 49.3 Å². The molecule has 2 fully saturated rings. The van der Waals surface area contributed by atoms with E-state index in [-0.39, 0.29) is 30.4 Å². The van der Waals surface area contributed by atoms with Crippen molar-refractivity contribution < 1.29 is 14.3 Å². The molecule has 2 N–H and O–H groups in total. The van der Waals surface area contributed by atoms with Crippen LogP contribution in [-0.2, 0) is 4.79 Å². The van der Waals surface area contributed by atoms with Crippen LogP contribution in [0.25, 0.3) is 0 Å². The first kappa shape index (κ1) is 6.79. The normalized spacial score (nSPS) is 44.0. The Morgan fingerprint density at radius 1 is 1.73 bits per heavy atom. The number of carbonyl (C=O) groups excluding carboxylic acids is 1. The number of aliphatic hydroxyl groups excluding tert-OH is 1. The minimum absolute atomic E-state index is 0.0718. The van der Waals surface area contributed by atoms with Crippen LogP contribution in [0.5, 0.6) is 0 Å². The lowest BCUT2D eigenvalue weighted by Gasteiger charge is -2.07. The van der Waals surface area contributed by atoms with Gasteiger partial charge in [-0.3, -0.25) is 4.79 Å². The molecule has 1 amide bonds. The van der Waals surface area contributed by atoms with Crippen LogP contribution in [0, 0.1) is 11.8 Å². The Balaban J connectivity index is 2.18. The summed E-state index contributed by atoms with van der Waals surface area (Å²) in [6.45, 7) is -0.107. The Morgan fingerprint density at radius 2 is 2.45 bits per heavy atom. The fraction of sp³-hybridized carbons (Fsp3) is 0.571. The van der Waals surface area contributed by atoms with Crippen molar-refractivity contribution >= 4 is 5.91 Å². The number of rotatable bonds is 1. The number of amides is 1. The molecule has 60 valence electrons. The van der Waals surface area contributed by atoms with Crippen molar-refractivity contribution in [1.82, 2.24) is 5.32 Å². The van der Waals surface area contributed by atoms with Crippen molar-refractivity contribution in [3.05, 3.63) is 11.9 Å². The molecule has 1 aliphatic heterocycles. The molecule has 1 unspecified atom stereocenters. The summed E-state index contributed by atoms with van der Waals surface area (Å²) >= 11 is 0. The van der Waals surface area contributed by atoms with E-state index in [1.54, 1.807) is 0 Å². The average molecular weight is 157 g/mol. The number of nitrogens with one attached hydrogen (secondary N) is 1. The van der Waals surface area contributed by atoms with E-state index in [9.17, 15) is 9.18 Å². The van der Waals surface area contributed by atoms with Crippen molar-refractivity contribution in [3.63, 3.8) is 0 Å². The monoisotopic (exact) mass is 157 g/mol. The molecule has 0 bridgehead atoms. The summed E-state index contributed by atoms with van der Waals surface area (Å²) in [5, 5.41) is 11.3. The molecule has 1 heterocycles. The summed E-state index contributed by atoms with van der Waals surface area (Å²) < 4.78 is 12.0. The lowest BCUT2D eigenvalue weighted by atomic mass is 10.2. The summed E-state index contributed by atoms with van der Waals surface area (Å²) in [6.07, 6.45) is 0.483. The summed E-state index contributed by atoms with van der Waals surface area (Å²) in [4.78, 5) is 10.9. The molecule has 0 aromatic carbocycles. The van der Waals surface area contributed by atoms with E-state index in [1.165, 1.54) is 0 Å². The highest BCUT2D eigenvalue weighted by Gasteiger charge is 2.59. The molecule has 1 saturated carbocycles. The van der Waals surface area contributed by atoms with Crippen LogP contribution in [0.4, 0.5) is 4.39 Å². The number of carbonyl (C=O) groups is 1. The summed E-state index contributed by atoms with van der Waals surface area (Å²) in [6, 6.07) is -0.255. The summed E-state index contributed by atoms with van der Waals surface area (Å²) in [7, 11) is 0. The zero-order valence-corrected chi connectivity index (χ0v) is 5.75. The molecular formula is C7H8FNO2. The number of halogens is 1. The van der Waals surface area contributed by atoms with Gasteiger partial charge in [0.25, 0.3) is 0 Å². The van der Waals surface area contributed by atoms with Gasteiger partial charge in [0.15, 0.2) is 0 Å². The predicted octanol–water partition coefficient (Wildman–Crippen LogP) is -0.424. The highest BCUT2D eigenvalue weighted by molar-refractivity contribution is 5.91. The van der Waals surface area contributed by atoms with Crippen molar-refractivity contribution in [2.24, 2.45) is 11.8 Å². The first-order valence-electron chi connectivity index (χ1n) is 3.51. The van der Waals surface area contributed by atoms with Crippen LogP contribution in [0.15, 0.2) is 11.9 Å². The highest BCUT2D eigenvalue weighted by atomic mass is 19.1. The Hall–Kier alpha value is -0.900. The fourth-order valence-corrected chi connectivity index (χ4v) is 1.74. The van der Waals surface area contributed by atoms with Gasteiger partial charge in [0, 0.05) is 5.92 Å². The van der Waals surface area contributed by atoms with Gasteiger partial charge in [0.1, 0.15) is 0 Å². The lowest BCUT2D eigenvalue weighted by molar-refractivity contribution is -0.120. The maximum absolute atomic E-state index is 12.0. The number of aliphatic hydroxyl groups is 1. The molecule has 0 aromatic rings. The third kappa shape index (κ3) is 0.728. The largest absolute Gasteiger partial charge is 0.394 e. The number of hydrogen-bond acceptors (Lipinski definition) is 2. The second-order valence-corrected chi connectivity index (χ2v) is 2.91. The van der Waals surface area contributed by atoms with Crippen LogP contribution in [-0.4, -0.2) is 23.7 Å². The van der Waals surface area contributed by atoms with Gasteiger partial charge in [0.2, 0.25) is 5.91 Å². The Bertz CT molecular complexity index is 239. The molecule has 0 radical (unpaired) electrons. The van der Waals surface area contributed by atoms with Crippen molar-refractivity contribution in [2.75, 3.05) is 6.61 Å². The second kappa shape index (κ2) is 2.04. The van der Waals surface area contributed by atoms with E-state index in [0.29, 0.717) is 11.9 Å².